The molecule has 0 spiro atoms. The molecule has 1 saturated heterocycles. The quantitative estimate of drug-likeness (QED) is 0.874. The van der Waals surface area contributed by atoms with E-state index in [-0.39, 0.29) is 5.91 Å². The number of likely N-dealkylation sites (tertiary alicyclic amines) is 1. The van der Waals surface area contributed by atoms with Crippen LogP contribution in [-0.4, -0.2) is 36.0 Å². The molecule has 1 fully saturated rings. The second kappa shape index (κ2) is 7.77. The van der Waals surface area contributed by atoms with Crippen LogP contribution >= 0.6 is 11.3 Å². The largest absolute Gasteiger partial charge is 0.497 e. The number of hydrogen-bond donors (Lipinski definition) is 1. The molecule has 24 heavy (non-hydrogen) atoms. The van der Waals surface area contributed by atoms with Gasteiger partial charge in [0.25, 0.3) is 0 Å². The van der Waals surface area contributed by atoms with Gasteiger partial charge in [0.15, 0.2) is 5.13 Å². The van der Waals surface area contributed by atoms with E-state index < -0.39 is 0 Å². The number of ether oxygens (including phenoxy) is 1. The normalized spacial score (nSPS) is 17.8. The Morgan fingerprint density at radius 3 is 2.92 bits per heavy atom. The molecule has 1 N–H and O–H groups in total. The third-order valence-corrected chi connectivity index (χ3v) is 5.17. The van der Waals surface area contributed by atoms with E-state index in [1.54, 1.807) is 18.4 Å². The molecule has 0 bridgehead atoms. The predicted octanol–water partition coefficient (Wildman–Crippen LogP) is 3.17. The second-order valence-corrected chi connectivity index (χ2v) is 7.37. The van der Waals surface area contributed by atoms with Gasteiger partial charge in [-0.1, -0.05) is 12.1 Å². The summed E-state index contributed by atoms with van der Waals surface area (Å²) in [6.45, 7) is 4.65. The number of anilines is 1. The van der Waals surface area contributed by atoms with Gasteiger partial charge in [0.1, 0.15) is 5.75 Å². The van der Waals surface area contributed by atoms with Gasteiger partial charge in [0, 0.05) is 31.1 Å². The number of nitrogens with one attached hydrogen (secondary N) is 1. The van der Waals surface area contributed by atoms with Crippen molar-refractivity contribution in [3.8, 4) is 5.75 Å². The molecule has 0 radical (unpaired) electrons. The molecule has 128 valence electrons. The molecule has 1 amide bonds. The van der Waals surface area contributed by atoms with Gasteiger partial charge < -0.3 is 10.1 Å². The van der Waals surface area contributed by atoms with E-state index in [1.165, 1.54) is 23.8 Å². The summed E-state index contributed by atoms with van der Waals surface area (Å²) in [6.07, 6.45) is 4.20. The third-order valence-electron chi connectivity index (χ3n) is 4.27. The first-order valence-corrected chi connectivity index (χ1v) is 9.01. The van der Waals surface area contributed by atoms with Gasteiger partial charge in [-0.2, -0.15) is 0 Å². The Hall–Kier alpha value is -1.92. The van der Waals surface area contributed by atoms with Gasteiger partial charge in [-0.3, -0.25) is 9.69 Å². The summed E-state index contributed by atoms with van der Waals surface area (Å²) in [6, 6.07) is 8.38. The number of aromatic nitrogens is 1. The van der Waals surface area contributed by atoms with Crippen LogP contribution in [0.25, 0.3) is 0 Å². The molecule has 0 aliphatic carbocycles. The van der Waals surface area contributed by atoms with Crippen LogP contribution in [-0.2, 0) is 17.8 Å². The van der Waals surface area contributed by atoms with Crippen molar-refractivity contribution in [1.29, 1.82) is 0 Å². The number of carbonyl (C=O) groups is 1. The topological polar surface area (TPSA) is 54.5 Å². The lowest BCUT2D eigenvalue weighted by atomic mass is 9.99. The first-order chi connectivity index (χ1) is 11.6. The number of hydrogen-bond acceptors (Lipinski definition) is 5. The van der Waals surface area contributed by atoms with Crippen molar-refractivity contribution in [1.82, 2.24) is 9.88 Å². The average molecular weight is 345 g/mol. The Labute approximate surface area is 146 Å². The standard InChI is InChI=1S/C18H23N3O2S/c1-13(22)20-18-19-10-17(24-18)12-21-8-7-15(11-21)9-14-3-5-16(23-2)6-4-14/h3-6,10,15H,7-9,11-12H2,1-2H3,(H,19,20,22). The summed E-state index contributed by atoms with van der Waals surface area (Å²) in [5.74, 6) is 1.53. The molecule has 1 aliphatic heterocycles. The minimum Gasteiger partial charge on any atom is -0.497 e. The summed E-state index contributed by atoms with van der Waals surface area (Å²) in [5.41, 5.74) is 1.37. The maximum absolute atomic E-state index is 11.1. The third kappa shape index (κ3) is 4.55. The monoisotopic (exact) mass is 345 g/mol. The summed E-state index contributed by atoms with van der Waals surface area (Å²) < 4.78 is 5.21. The van der Waals surface area contributed by atoms with Gasteiger partial charge in [-0.05, 0) is 43.0 Å². The lowest BCUT2D eigenvalue weighted by Gasteiger charge is -2.15. The highest BCUT2D eigenvalue weighted by Gasteiger charge is 2.23. The van der Waals surface area contributed by atoms with Crippen LogP contribution in [0.1, 0.15) is 23.8 Å². The average Bonchev–Trinajstić information content (AvgIpc) is 3.17. The number of rotatable bonds is 6. The molecule has 6 heteroatoms. The zero-order valence-corrected chi connectivity index (χ0v) is 14.9. The number of thiazole rings is 1. The maximum atomic E-state index is 11.1. The van der Waals surface area contributed by atoms with Gasteiger partial charge >= 0.3 is 0 Å². The smallest absolute Gasteiger partial charge is 0.223 e. The first-order valence-electron chi connectivity index (χ1n) is 8.20. The highest BCUT2D eigenvalue weighted by molar-refractivity contribution is 7.15. The zero-order valence-electron chi connectivity index (χ0n) is 14.1. The predicted molar refractivity (Wildman–Crippen MR) is 96.5 cm³/mol. The molecule has 1 aromatic heterocycles. The highest BCUT2D eigenvalue weighted by atomic mass is 32.1. The van der Waals surface area contributed by atoms with E-state index >= 15 is 0 Å². The van der Waals surface area contributed by atoms with E-state index in [1.807, 2.05) is 18.3 Å². The van der Waals surface area contributed by atoms with E-state index in [9.17, 15) is 4.79 Å². The first kappa shape index (κ1) is 16.9. The van der Waals surface area contributed by atoms with Crippen molar-refractivity contribution in [2.24, 2.45) is 5.92 Å². The van der Waals surface area contributed by atoms with E-state index in [0.717, 1.165) is 31.8 Å². The second-order valence-electron chi connectivity index (χ2n) is 6.25. The van der Waals surface area contributed by atoms with Gasteiger partial charge in [0.05, 0.1) is 7.11 Å². The molecule has 1 atom stereocenters. The Morgan fingerprint density at radius 1 is 1.42 bits per heavy atom. The lowest BCUT2D eigenvalue weighted by Crippen LogP contribution is -2.20. The van der Waals surface area contributed by atoms with Crippen molar-refractivity contribution in [2.45, 2.75) is 26.3 Å². The molecule has 1 unspecified atom stereocenters. The summed E-state index contributed by atoms with van der Waals surface area (Å²) >= 11 is 1.56. The Kier molecular flexibility index (Phi) is 5.48. The van der Waals surface area contributed by atoms with Crippen LogP contribution in [0.2, 0.25) is 0 Å². The molecule has 1 aliphatic rings. The Bertz CT molecular complexity index is 684. The van der Waals surface area contributed by atoms with Crippen molar-refractivity contribution in [3.05, 3.63) is 40.9 Å². The van der Waals surface area contributed by atoms with Gasteiger partial charge in [0.2, 0.25) is 5.91 Å². The maximum Gasteiger partial charge on any atom is 0.223 e. The molecule has 1 aromatic carbocycles. The van der Waals surface area contributed by atoms with Crippen molar-refractivity contribution < 1.29 is 9.53 Å². The summed E-state index contributed by atoms with van der Waals surface area (Å²) in [4.78, 5) is 19.0. The van der Waals surface area contributed by atoms with E-state index in [2.05, 4.69) is 27.3 Å². The fourth-order valence-electron chi connectivity index (χ4n) is 3.13. The van der Waals surface area contributed by atoms with Gasteiger partial charge in [-0.25, -0.2) is 4.98 Å². The van der Waals surface area contributed by atoms with Crippen molar-refractivity contribution in [3.63, 3.8) is 0 Å². The van der Waals surface area contributed by atoms with Crippen LogP contribution in [0, 0.1) is 5.92 Å². The molecular weight excluding hydrogens is 322 g/mol. The van der Waals surface area contributed by atoms with Crippen LogP contribution in [0.4, 0.5) is 5.13 Å². The molecule has 2 aromatic rings. The highest BCUT2D eigenvalue weighted by Crippen LogP contribution is 2.26. The van der Waals surface area contributed by atoms with Crippen LogP contribution in [0.3, 0.4) is 0 Å². The zero-order chi connectivity index (χ0) is 16.9. The molecule has 5 nitrogen and oxygen atoms in total. The van der Waals surface area contributed by atoms with E-state index in [4.69, 9.17) is 4.74 Å². The SMILES string of the molecule is COc1ccc(CC2CCN(Cc3cnc(NC(C)=O)s3)C2)cc1. The van der Waals surface area contributed by atoms with Crippen LogP contribution in [0.15, 0.2) is 30.5 Å². The number of amides is 1. The number of methoxy groups -OCH3 is 1. The number of carbonyl (C=O) groups excluding carboxylic acids is 1. The number of benzene rings is 1. The fraction of sp³-hybridized carbons (Fsp3) is 0.444. The summed E-state index contributed by atoms with van der Waals surface area (Å²) in [5, 5.41) is 3.43. The molecule has 3 rings (SSSR count). The van der Waals surface area contributed by atoms with E-state index in [0.29, 0.717) is 11.0 Å². The van der Waals surface area contributed by atoms with Crippen molar-refractivity contribution in [2.75, 3.05) is 25.5 Å². The van der Waals surface area contributed by atoms with Crippen LogP contribution < -0.4 is 10.1 Å². The van der Waals surface area contributed by atoms with Crippen LogP contribution in [0.5, 0.6) is 5.75 Å². The molecule has 2 heterocycles. The molecule has 0 saturated carbocycles. The summed E-state index contributed by atoms with van der Waals surface area (Å²) in [7, 11) is 1.70. The fourth-order valence-corrected chi connectivity index (χ4v) is 4.03. The minimum absolute atomic E-state index is 0.0726. The Morgan fingerprint density at radius 2 is 2.21 bits per heavy atom. The lowest BCUT2D eigenvalue weighted by molar-refractivity contribution is -0.114. The minimum atomic E-state index is -0.0726. The number of nitrogens with zero attached hydrogens (tertiary/aromatic N) is 2. The molecular formula is C18H23N3O2S. The van der Waals surface area contributed by atoms with Gasteiger partial charge in [-0.15, -0.1) is 11.3 Å². The van der Waals surface area contributed by atoms with Crippen molar-refractivity contribution >= 4 is 22.4 Å². The Balaban J connectivity index is 1.49.